The highest BCUT2D eigenvalue weighted by Gasteiger charge is 2.26. The third-order valence-electron chi connectivity index (χ3n) is 18.8. The Morgan fingerprint density at radius 3 is 0.837 bits per heavy atom. The first kappa shape index (κ1) is 90.2. The fraction of sp³-hybridized carbons (Fsp3) is 0.902. The predicted octanol–water partition coefficient (Wildman–Crippen LogP) is 27.4. The van der Waals surface area contributed by atoms with Gasteiger partial charge in [0.05, 0.1) is 13.2 Å². The molecule has 3 N–H and O–H groups in total. The van der Waals surface area contributed by atoms with Gasteiger partial charge in [0.25, 0.3) is 0 Å². The number of phosphoric acid groups is 1. The Balaban J connectivity index is 3.72. The standard InChI is InChI=1S/C82H158NO8P/c1-3-5-7-9-11-13-15-17-19-21-23-25-27-29-31-33-35-36-37-38-39-40-41-42-43-44-45-47-49-51-53-55-57-59-61-63-65-67-69-71-73-75-82(85)91-80(79-90-92(86,87)89-77-76-83)78-88-81(84)74-72-70-68-66-64-62-60-58-56-54-52-50-48-46-34-32-30-28-26-24-22-20-18-16-14-12-10-8-6-4-2/h15,17,21,23,27,29,80H,3-14,16,18-20,22,24-26,28,30-79,83H2,1-2H3,(H,86,87)/b17-15-,23-21-,29-27-. The van der Waals surface area contributed by atoms with Crippen LogP contribution in [0.15, 0.2) is 36.5 Å². The number of ether oxygens (including phenoxy) is 2. The third-order valence-corrected chi connectivity index (χ3v) is 19.8. The lowest BCUT2D eigenvalue weighted by Crippen LogP contribution is -2.29. The highest BCUT2D eigenvalue weighted by atomic mass is 31.2. The molecule has 2 unspecified atom stereocenters. The van der Waals surface area contributed by atoms with Crippen LogP contribution in [0, 0.1) is 0 Å². The third kappa shape index (κ3) is 77.2. The quantitative estimate of drug-likeness (QED) is 0.0264. The predicted molar refractivity (Wildman–Crippen MR) is 400 cm³/mol. The van der Waals surface area contributed by atoms with E-state index in [9.17, 15) is 19.0 Å². The molecule has 0 fully saturated rings. The van der Waals surface area contributed by atoms with Crippen LogP contribution in [0.3, 0.4) is 0 Å². The van der Waals surface area contributed by atoms with E-state index in [1.54, 1.807) is 0 Å². The van der Waals surface area contributed by atoms with Crippen molar-refractivity contribution in [3.63, 3.8) is 0 Å². The number of rotatable bonds is 79. The number of hydrogen-bond donors (Lipinski definition) is 2. The number of nitrogens with two attached hydrogens (primary N) is 1. The highest BCUT2D eigenvalue weighted by molar-refractivity contribution is 7.47. The van der Waals surface area contributed by atoms with E-state index in [-0.39, 0.29) is 38.6 Å². The smallest absolute Gasteiger partial charge is 0.462 e. The molecular formula is C82H158NO8P. The van der Waals surface area contributed by atoms with Gasteiger partial charge in [-0.25, -0.2) is 4.57 Å². The number of phosphoric ester groups is 1. The van der Waals surface area contributed by atoms with Gasteiger partial charge in [0.2, 0.25) is 0 Å². The fourth-order valence-electron chi connectivity index (χ4n) is 12.7. The summed E-state index contributed by atoms with van der Waals surface area (Å²) in [5.74, 6) is -0.798. The van der Waals surface area contributed by atoms with E-state index in [1.165, 1.54) is 366 Å². The summed E-state index contributed by atoms with van der Waals surface area (Å²) in [7, 11) is -4.39. The van der Waals surface area contributed by atoms with Gasteiger partial charge in [-0.2, -0.15) is 0 Å². The Morgan fingerprint density at radius 2 is 0.565 bits per heavy atom. The molecule has 10 heteroatoms. The molecule has 92 heavy (non-hydrogen) atoms. The molecule has 0 bridgehead atoms. The van der Waals surface area contributed by atoms with E-state index >= 15 is 0 Å². The molecule has 0 aromatic heterocycles. The zero-order chi connectivity index (χ0) is 66.5. The van der Waals surface area contributed by atoms with Crippen LogP contribution in [0.25, 0.3) is 0 Å². The van der Waals surface area contributed by atoms with Crippen molar-refractivity contribution in [1.29, 1.82) is 0 Å². The minimum atomic E-state index is -4.39. The van der Waals surface area contributed by atoms with Gasteiger partial charge in [0.1, 0.15) is 6.61 Å². The molecule has 2 atom stereocenters. The normalized spacial score (nSPS) is 13.0. The van der Waals surface area contributed by atoms with Crippen molar-refractivity contribution in [2.24, 2.45) is 5.73 Å². The number of esters is 2. The molecule has 0 amide bonds. The Labute approximate surface area is 573 Å². The molecule has 544 valence electrons. The number of carbonyl (C=O) groups excluding carboxylic acids is 2. The maximum atomic E-state index is 12.8. The molecule has 0 heterocycles. The Bertz CT molecular complexity index is 1600. The number of unbranched alkanes of at least 4 members (excludes halogenated alkanes) is 60. The monoisotopic (exact) mass is 1320 g/mol. The van der Waals surface area contributed by atoms with Gasteiger partial charge in [0, 0.05) is 19.4 Å². The van der Waals surface area contributed by atoms with Crippen molar-refractivity contribution in [3.8, 4) is 0 Å². The van der Waals surface area contributed by atoms with E-state index in [1.807, 2.05) is 0 Å². The van der Waals surface area contributed by atoms with Crippen molar-refractivity contribution in [2.75, 3.05) is 26.4 Å². The van der Waals surface area contributed by atoms with Crippen molar-refractivity contribution in [3.05, 3.63) is 36.5 Å². The van der Waals surface area contributed by atoms with Crippen LogP contribution >= 0.6 is 7.82 Å². The molecule has 0 aromatic rings. The first-order valence-corrected chi connectivity index (χ1v) is 42.5. The Hall–Kier alpha value is -1.77. The molecule has 0 saturated carbocycles. The zero-order valence-corrected chi connectivity index (χ0v) is 62.5. The van der Waals surface area contributed by atoms with Crippen LogP contribution in [0.2, 0.25) is 0 Å². The van der Waals surface area contributed by atoms with Crippen LogP contribution in [-0.4, -0.2) is 49.3 Å². The second kappa shape index (κ2) is 78.2. The van der Waals surface area contributed by atoms with Crippen LogP contribution < -0.4 is 5.73 Å². The first-order valence-electron chi connectivity index (χ1n) is 41.0. The van der Waals surface area contributed by atoms with E-state index in [0.29, 0.717) is 6.42 Å². The molecule has 0 aliphatic rings. The molecule has 0 rings (SSSR count). The van der Waals surface area contributed by atoms with Crippen molar-refractivity contribution in [2.45, 2.75) is 450 Å². The van der Waals surface area contributed by atoms with Gasteiger partial charge in [-0.1, -0.05) is 416 Å². The summed E-state index contributed by atoms with van der Waals surface area (Å²) >= 11 is 0. The average Bonchev–Trinajstić information content (AvgIpc) is 2.98. The van der Waals surface area contributed by atoms with Gasteiger partial charge in [-0.3, -0.25) is 18.6 Å². The molecule has 0 spiro atoms. The van der Waals surface area contributed by atoms with Gasteiger partial charge in [-0.15, -0.1) is 0 Å². The van der Waals surface area contributed by atoms with E-state index in [2.05, 4.69) is 50.3 Å². The average molecular weight is 1320 g/mol. The molecule has 0 aliphatic heterocycles. The lowest BCUT2D eigenvalue weighted by atomic mass is 10.0. The summed E-state index contributed by atoms with van der Waals surface area (Å²) in [5.41, 5.74) is 5.42. The number of hydrogen-bond acceptors (Lipinski definition) is 8. The topological polar surface area (TPSA) is 134 Å². The largest absolute Gasteiger partial charge is 0.472 e. The summed E-state index contributed by atoms with van der Waals surface area (Å²) in [6.45, 7) is 3.83. The van der Waals surface area contributed by atoms with Gasteiger partial charge >= 0.3 is 19.8 Å². The summed E-state index contributed by atoms with van der Waals surface area (Å²) in [5, 5.41) is 0. The van der Waals surface area contributed by atoms with Crippen LogP contribution in [0.1, 0.15) is 444 Å². The van der Waals surface area contributed by atoms with Gasteiger partial charge < -0.3 is 20.1 Å². The lowest BCUT2D eigenvalue weighted by Gasteiger charge is -2.19. The maximum Gasteiger partial charge on any atom is 0.472 e. The van der Waals surface area contributed by atoms with Crippen molar-refractivity contribution >= 4 is 19.8 Å². The van der Waals surface area contributed by atoms with Gasteiger partial charge in [0.15, 0.2) is 6.10 Å². The molecule has 0 saturated heterocycles. The number of carbonyl (C=O) groups is 2. The van der Waals surface area contributed by atoms with Crippen molar-refractivity contribution < 1.29 is 37.6 Å². The zero-order valence-electron chi connectivity index (χ0n) is 61.6. The number of allylic oxidation sites excluding steroid dienone is 6. The second-order valence-electron chi connectivity index (χ2n) is 28.0. The molecular weight excluding hydrogens is 1160 g/mol. The Morgan fingerprint density at radius 1 is 0.326 bits per heavy atom. The SMILES string of the molecule is CCCCCCC/C=C\C/C=C\C/C=C\CCCCCCCCCCCCCCCCCCCCCCCCCCCCC(=O)OC(COC(=O)CCCCCCCCCCCCCCCCCCCCCCCCCCCCCCCC)COP(=O)(O)OCCN. The molecule has 9 nitrogen and oxygen atoms in total. The summed E-state index contributed by atoms with van der Waals surface area (Å²) in [4.78, 5) is 35.5. The van der Waals surface area contributed by atoms with E-state index in [4.69, 9.17) is 24.3 Å². The second-order valence-corrected chi connectivity index (χ2v) is 29.5. The van der Waals surface area contributed by atoms with Crippen LogP contribution in [-0.2, 0) is 32.7 Å². The lowest BCUT2D eigenvalue weighted by molar-refractivity contribution is -0.161. The van der Waals surface area contributed by atoms with Crippen LogP contribution in [0.4, 0.5) is 0 Å². The van der Waals surface area contributed by atoms with E-state index in [0.717, 1.165) is 44.9 Å². The van der Waals surface area contributed by atoms with Gasteiger partial charge in [-0.05, 0) is 51.4 Å². The van der Waals surface area contributed by atoms with E-state index < -0.39 is 26.5 Å². The minimum absolute atomic E-state index is 0.0572. The summed E-state index contributed by atoms with van der Waals surface area (Å²) in [6.07, 6.45) is 100. The van der Waals surface area contributed by atoms with Crippen LogP contribution in [0.5, 0.6) is 0 Å². The molecule has 0 radical (unpaired) electrons. The maximum absolute atomic E-state index is 12.8. The Kier molecular flexibility index (Phi) is 76.7. The molecule has 0 aliphatic carbocycles. The molecule has 0 aromatic carbocycles. The first-order chi connectivity index (χ1) is 45.3. The summed E-state index contributed by atoms with van der Waals surface area (Å²) < 4.78 is 33.3. The summed E-state index contributed by atoms with van der Waals surface area (Å²) in [6, 6.07) is 0. The van der Waals surface area contributed by atoms with Crippen molar-refractivity contribution in [1.82, 2.24) is 0 Å². The highest BCUT2D eigenvalue weighted by Crippen LogP contribution is 2.43. The minimum Gasteiger partial charge on any atom is -0.462 e. The fourth-order valence-corrected chi connectivity index (χ4v) is 13.5.